The fraction of sp³-hybridized carbons (Fsp3) is 0.222. The largest absolute Gasteiger partial charge is 0.362 e. The molecule has 1 aliphatic rings. The molecule has 2 amide bonds. The van der Waals surface area contributed by atoms with Crippen LogP contribution in [0.1, 0.15) is 17.9 Å². The van der Waals surface area contributed by atoms with Crippen LogP contribution in [0.5, 0.6) is 0 Å². The second kappa shape index (κ2) is 6.43. The minimum Gasteiger partial charge on any atom is -0.362 e. The third kappa shape index (κ3) is 3.34. The Morgan fingerprint density at radius 1 is 1.09 bits per heavy atom. The number of likely N-dealkylation sites (N-methyl/N-ethyl adjacent to an activating group) is 1. The molecule has 4 heteroatoms. The molecule has 1 N–H and O–H groups in total. The maximum atomic E-state index is 12.0. The molecule has 0 saturated carbocycles. The maximum absolute atomic E-state index is 12.0. The van der Waals surface area contributed by atoms with Crippen molar-refractivity contribution in [3.8, 4) is 0 Å². The molecule has 0 bridgehead atoms. The van der Waals surface area contributed by atoms with Crippen molar-refractivity contribution in [2.45, 2.75) is 12.3 Å². The van der Waals surface area contributed by atoms with Gasteiger partial charge in [0.05, 0.1) is 0 Å². The summed E-state index contributed by atoms with van der Waals surface area (Å²) in [6.07, 6.45) is 0.794. The molecule has 0 aliphatic carbocycles. The monoisotopic (exact) mass is 293 g/mol. The number of aliphatic imine (C=N–C) groups is 1. The van der Waals surface area contributed by atoms with Crippen LogP contribution in [-0.4, -0.2) is 30.4 Å². The second-order valence-corrected chi connectivity index (χ2v) is 5.52. The number of amides is 2. The summed E-state index contributed by atoms with van der Waals surface area (Å²) in [6.45, 7) is 0.890. The highest BCUT2D eigenvalue weighted by molar-refractivity contribution is 6.00. The van der Waals surface area contributed by atoms with Crippen LogP contribution in [0.15, 0.2) is 65.7 Å². The van der Waals surface area contributed by atoms with Crippen molar-refractivity contribution >= 4 is 17.6 Å². The SMILES string of the molecule is CN1CC(c2ccccc2)C/C1=N\C(=O)Nc1ccccc1. The van der Waals surface area contributed by atoms with Gasteiger partial charge in [0.1, 0.15) is 5.84 Å². The molecule has 1 fully saturated rings. The van der Waals surface area contributed by atoms with Crippen molar-refractivity contribution in [1.82, 2.24) is 4.90 Å². The van der Waals surface area contributed by atoms with Gasteiger partial charge in [0.15, 0.2) is 0 Å². The van der Waals surface area contributed by atoms with Gasteiger partial charge in [-0.05, 0) is 17.7 Å². The quantitative estimate of drug-likeness (QED) is 0.916. The van der Waals surface area contributed by atoms with Gasteiger partial charge in [0.25, 0.3) is 0 Å². The minimum atomic E-state index is -0.318. The van der Waals surface area contributed by atoms with Crippen molar-refractivity contribution in [2.24, 2.45) is 4.99 Å². The van der Waals surface area contributed by atoms with E-state index in [4.69, 9.17) is 0 Å². The topological polar surface area (TPSA) is 44.7 Å². The maximum Gasteiger partial charge on any atom is 0.347 e. The van der Waals surface area contributed by atoms with Gasteiger partial charge < -0.3 is 10.2 Å². The van der Waals surface area contributed by atoms with Crippen LogP contribution in [-0.2, 0) is 0 Å². The van der Waals surface area contributed by atoms with Gasteiger partial charge in [0, 0.05) is 31.6 Å². The Labute approximate surface area is 130 Å². The lowest BCUT2D eigenvalue weighted by Gasteiger charge is -2.12. The number of rotatable bonds is 2. The van der Waals surface area contributed by atoms with E-state index in [1.54, 1.807) is 0 Å². The number of carbonyl (C=O) groups excluding carboxylic acids is 1. The number of hydrogen-bond acceptors (Lipinski definition) is 1. The molecule has 3 rings (SSSR count). The van der Waals surface area contributed by atoms with Gasteiger partial charge in [-0.3, -0.25) is 0 Å². The first-order valence-corrected chi connectivity index (χ1v) is 7.42. The highest BCUT2D eigenvalue weighted by Crippen LogP contribution is 2.27. The highest BCUT2D eigenvalue weighted by atomic mass is 16.2. The summed E-state index contributed by atoms with van der Waals surface area (Å²) in [4.78, 5) is 18.3. The summed E-state index contributed by atoms with van der Waals surface area (Å²) in [7, 11) is 1.98. The molecular formula is C18H19N3O. The lowest BCUT2D eigenvalue weighted by atomic mass is 9.98. The highest BCUT2D eigenvalue weighted by Gasteiger charge is 2.27. The van der Waals surface area contributed by atoms with Crippen LogP contribution >= 0.6 is 0 Å². The van der Waals surface area contributed by atoms with Gasteiger partial charge >= 0.3 is 6.03 Å². The van der Waals surface area contributed by atoms with Crippen LogP contribution < -0.4 is 5.32 Å². The van der Waals surface area contributed by atoms with Gasteiger partial charge in [-0.25, -0.2) is 4.79 Å². The molecule has 1 aliphatic heterocycles. The molecule has 0 radical (unpaired) electrons. The number of urea groups is 1. The number of nitrogens with one attached hydrogen (secondary N) is 1. The van der Waals surface area contributed by atoms with E-state index in [1.165, 1.54) is 5.56 Å². The van der Waals surface area contributed by atoms with Gasteiger partial charge in [-0.2, -0.15) is 4.99 Å². The third-order valence-electron chi connectivity index (χ3n) is 3.89. The predicted molar refractivity (Wildman–Crippen MR) is 89.3 cm³/mol. The van der Waals surface area contributed by atoms with E-state index >= 15 is 0 Å². The third-order valence-corrected chi connectivity index (χ3v) is 3.89. The Balaban J connectivity index is 1.68. The number of benzene rings is 2. The van der Waals surface area contributed by atoms with Crippen LogP contribution in [0.25, 0.3) is 0 Å². The number of nitrogens with zero attached hydrogens (tertiary/aromatic N) is 2. The molecule has 0 spiro atoms. The van der Waals surface area contributed by atoms with E-state index in [0.717, 1.165) is 24.5 Å². The van der Waals surface area contributed by atoms with Crippen molar-refractivity contribution in [1.29, 1.82) is 0 Å². The van der Waals surface area contributed by atoms with Crippen molar-refractivity contribution in [2.75, 3.05) is 18.9 Å². The van der Waals surface area contributed by atoms with E-state index in [0.29, 0.717) is 5.92 Å². The number of amidine groups is 1. The normalized spacial score (nSPS) is 19.4. The lowest BCUT2D eigenvalue weighted by molar-refractivity contribution is 0.259. The zero-order valence-corrected chi connectivity index (χ0v) is 12.6. The Bertz CT molecular complexity index is 667. The zero-order valence-electron chi connectivity index (χ0n) is 12.6. The minimum absolute atomic E-state index is 0.318. The molecule has 1 heterocycles. The first-order chi connectivity index (χ1) is 10.7. The lowest BCUT2D eigenvalue weighted by Crippen LogP contribution is -2.22. The number of anilines is 1. The summed E-state index contributed by atoms with van der Waals surface area (Å²) in [5, 5.41) is 2.79. The molecule has 22 heavy (non-hydrogen) atoms. The Morgan fingerprint density at radius 3 is 2.41 bits per heavy atom. The smallest absolute Gasteiger partial charge is 0.347 e. The molecule has 1 saturated heterocycles. The summed E-state index contributed by atoms with van der Waals surface area (Å²) in [5.74, 6) is 1.23. The molecule has 1 unspecified atom stereocenters. The second-order valence-electron chi connectivity index (χ2n) is 5.52. The number of carbonyl (C=O) groups is 1. The molecule has 112 valence electrons. The van der Waals surface area contributed by atoms with E-state index in [9.17, 15) is 4.79 Å². The fourth-order valence-corrected chi connectivity index (χ4v) is 2.75. The molecular weight excluding hydrogens is 274 g/mol. The van der Waals surface area contributed by atoms with Crippen molar-refractivity contribution in [3.63, 3.8) is 0 Å². The van der Waals surface area contributed by atoms with E-state index in [1.807, 2.05) is 55.6 Å². The summed E-state index contributed by atoms with van der Waals surface area (Å²) in [5.41, 5.74) is 2.06. The van der Waals surface area contributed by atoms with Gasteiger partial charge in [-0.15, -0.1) is 0 Å². The van der Waals surface area contributed by atoms with Crippen LogP contribution in [0.4, 0.5) is 10.5 Å². The number of para-hydroxylation sites is 1. The number of hydrogen-bond donors (Lipinski definition) is 1. The Kier molecular flexibility index (Phi) is 4.19. The molecule has 1 atom stereocenters. The Morgan fingerprint density at radius 2 is 1.73 bits per heavy atom. The van der Waals surface area contributed by atoms with E-state index in [2.05, 4.69) is 27.3 Å². The standard InChI is InChI=1S/C18H19N3O/c1-21-13-15(14-8-4-2-5-9-14)12-17(21)20-18(22)19-16-10-6-3-7-11-16/h2-11,15H,12-13H2,1H3,(H,19,22)/b20-17+. The average molecular weight is 293 g/mol. The molecule has 4 nitrogen and oxygen atoms in total. The van der Waals surface area contributed by atoms with Gasteiger partial charge in [0.2, 0.25) is 0 Å². The molecule has 2 aromatic rings. The summed E-state index contributed by atoms with van der Waals surface area (Å²) in [6, 6.07) is 19.4. The van der Waals surface area contributed by atoms with Gasteiger partial charge in [-0.1, -0.05) is 48.5 Å². The van der Waals surface area contributed by atoms with Crippen LogP contribution in [0, 0.1) is 0 Å². The predicted octanol–water partition coefficient (Wildman–Crippen LogP) is 3.74. The van der Waals surface area contributed by atoms with E-state index in [-0.39, 0.29) is 6.03 Å². The summed E-state index contributed by atoms with van der Waals surface area (Å²) >= 11 is 0. The first kappa shape index (κ1) is 14.3. The van der Waals surface area contributed by atoms with E-state index < -0.39 is 0 Å². The zero-order chi connectivity index (χ0) is 15.4. The Hall–Kier alpha value is -2.62. The van der Waals surface area contributed by atoms with Crippen LogP contribution in [0.3, 0.4) is 0 Å². The molecule has 2 aromatic carbocycles. The number of likely N-dealkylation sites (tertiary alicyclic amines) is 1. The first-order valence-electron chi connectivity index (χ1n) is 7.42. The average Bonchev–Trinajstić information content (AvgIpc) is 2.90. The fourth-order valence-electron chi connectivity index (χ4n) is 2.75. The summed E-state index contributed by atoms with van der Waals surface area (Å²) < 4.78 is 0. The molecule has 0 aromatic heterocycles. The van der Waals surface area contributed by atoms with Crippen LogP contribution in [0.2, 0.25) is 0 Å². The van der Waals surface area contributed by atoms with Crippen molar-refractivity contribution in [3.05, 3.63) is 66.2 Å². The van der Waals surface area contributed by atoms with Crippen molar-refractivity contribution < 1.29 is 4.79 Å².